The second-order valence-electron chi connectivity index (χ2n) is 7.86. The molecule has 1 amide bonds. The smallest absolute Gasteiger partial charge is 0.257 e. The molecule has 1 aliphatic rings. The summed E-state index contributed by atoms with van der Waals surface area (Å²) in [6.07, 6.45) is 1.59. The summed E-state index contributed by atoms with van der Waals surface area (Å²) in [4.78, 5) is 15.1. The Labute approximate surface area is 183 Å². The third-order valence-electron chi connectivity index (χ3n) is 5.72. The van der Waals surface area contributed by atoms with Crippen LogP contribution < -0.4 is 0 Å². The number of sulfonamides is 1. The molecule has 7 nitrogen and oxygen atoms in total. The van der Waals surface area contributed by atoms with Crippen LogP contribution in [0.25, 0.3) is 5.69 Å². The number of carbonyl (C=O) groups is 1. The van der Waals surface area contributed by atoms with E-state index in [9.17, 15) is 13.2 Å². The van der Waals surface area contributed by atoms with E-state index in [4.69, 9.17) is 0 Å². The molecule has 1 saturated heterocycles. The van der Waals surface area contributed by atoms with Crippen LogP contribution in [0.15, 0.2) is 59.6 Å². The van der Waals surface area contributed by atoms with Crippen molar-refractivity contribution in [3.63, 3.8) is 0 Å². The van der Waals surface area contributed by atoms with E-state index in [2.05, 4.69) is 5.10 Å². The second kappa shape index (κ2) is 8.28. The zero-order chi connectivity index (χ0) is 22.2. The largest absolute Gasteiger partial charge is 0.336 e. The van der Waals surface area contributed by atoms with Gasteiger partial charge in [-0.1, -0.05) is 35.9 Å². The Hall–Kier alpha value is -2.97. The Balaban J connectivity index is 1.48. The summed E-state index contributed by atoms with van der Waals surface area (Å²) in [5.41, 5.74) is 3.96. The van der Waals surface area contributed by atoms with Crippen LogP contribution in [0.5, 0.6) is 0 Å². The molecule has 0 N–H and O–H groups in total. The molecular weight excluding hydrogens is 412 g/mol. The average molecular weight is 439 g/mol. The summed E-state index contributed by atoms with van der Waals surface area (Å²) in [5, 5.41) is 4.38. The summed E-state index contributed by atoms with van der Waals surface area (Å²) in [5.74, 6) is -0.122. The summed E-state index contributed by atoms with van der Waals surface area (Å²) < 4.78 is 29.4. The van der Waals surface area contributed by atoms with Gasteiger partial charge in [-0.2, -0.15) is 9.40 Å². The Bertz CT molecular complexity index is 1210. The van der Waals surface area contributed by atoms with Gasteiger partial charge in [0.05, 0.1) is 28.0 Å². The van der Waals surface area contributed by atoms with Crippen molar-refractivity contribution in [1.29, 1.82) is 0 Å². The number of carbonyl (C=O) groups excluding carboxylic acids is 1. The Morgan fingerprint density at radius 1 is 0.935 bits per heavy atom. The molecule has 162 valence electrons. The Kier molecular flexibility index (Phi) is 5.68. The molecular formula is C23H26N4O3S. The highest BCUT2D eigenvalue weighted by molar-refractivity contribution is 7.89. The van der Waals surface area contributed by atoms with Gasteiger partial charge in [0.25, 0.3) is 5.91 Å². The van der Waals surface area contributed by atoms with Crippen LogP contribution in [-0.4, -0.2) is 59.5 Å². The van der Waals surface area contributed by atoms with Crippen molar-refractivity contribution in [3.05, 3.63) is 77.1 Å². The second-order valence-corrected chi connectivity index (χ2v) is 9.76. The molecule has 4 rings (SSSR count). The van der Waals surface area contributed by atoms with Crippen LogP contribution in [0, 0.1) is 20.8 Å². The lowest BCUT2D eigenvalue weighted by Gasteiger charge is -2.34. The molecule has 1 fully saturated rings. The van der Waals surface area contributed by atoms with E-state index in [-0.39, 0.29) is 19.0 Å². The van der Waals surface area contributed by atoms with Crippen LogP contribution in [0.2, 0.25) is 0 Å². The zero-order valence-corrected chi connectivity index (χ0v) is 18.8. The lowest BCUT2D eigenvalue weighted by atomic mass is 10.2. The highest BCUT2D eigenvalue weighted by Crippen LogP contribution is 2.23. The van der Waals surface area contributed by atoms with Gasteiger partial charge in [-0.25, -0.2) is 13.1 Å². The molecule has 1 aliphatic heterocycles. The third-order valence-corrected chi connectivity index (χ3v) is 7.77. The third kappa shape index (κ3) is 4.00. The average Bonchev–Trinajstić information content (AvgIpc) is 3.15. The number of benzene rings is 2. The molecule has 2 heterocycles. The SMILES string of the molecule is Cc1ccc(S(=O)(=O)N2CCN(C(=O)c3cnn(-c4ccccc4)c3C)CC2)c(C)c1. The minimum atomic E-state index is -3.58. The topological polar surface area (TPSA) is 75.5 Å². The predicted molar refractivity (Wildman–Crippen MR) is 119 cm³/mol. The van der Waals surface area contributed by atoms with Crippen LogP contribution in [0.3, 0.4) is 0 Å². The lowest BCUT2D eigenvalue weighted by molar-refractivity contribution is 0.0697. The van der Waals surface area contributed by atoms with Crippen molar-refractivity contribution in [2.24, 2.45) is 0 Å². The van der Waals surface area contributed by atoms with Crippen molar-refractivity contribution in [2.75, 3.05) is 26.2 Å². The van der Waals surface area contributed by atoms with Crippen molar-refractivity contribution in [3.8, 4) is 5.69 Å². The number of hydrogen-bond acceptors (Lipinski definition) is 4. The zero-order valence-electron chi connectivity index (χ0n) is 17.9. The first-order chi connectivity index (χ1) is 14.8. The molecule has 0 atom stereocenters. The normalized spacial score (nSPS) is 15.3. The lowest BCUT2D eigenvalue weighted by Crippen LogP contribution is -2.50. The van der Waals surface area contributed by atoms with E-state index < -0.39 is 10.0 Å². The maximum atomic E-state index is 13.1. The predicted octanol–water partition coefficient (Wildman–Crippen LogP) is 2.94. The molecule has 0 spiro atoms. The van der Waals surface area contributed by atoms with Gasteiger partial charge in [-0.05, 0) is 44.5 Å². The first kappa shape index (κ1) is 21.3. The number of aromatic nitrogens is 2. The summed E-state index contributed by atoms with van der Waals surface area (Å²) in [6, 6.07) is 15.0. The number of piperazine rings is 1. The molecule has 2 aromatic carbocycles. The maximum Gasteiger partial charge on any atom is 0.257 e. The molecule has 0 bridgehead atoms. The van der Waals surface area contributed by atoms with Gasteiger partial charge < -0.3 is 4.90 Å². The molecule has 0 radical (unpaired) electrons. The maximum absolute atomic E-state index is 13.1. The molecule has 0 unspecified atom stereocenters. The van der Waals surface area contributed by atoms with Gasteiger partial charge in [-0.3, -0.25) is 4.79 Å². The Morgan fingerprint density at radius 3 is 2.26 bits per heavy atom. The van der Waals surface area contributed by atoms with Crippen molar-refractivity contribution >= 4 is 15.9 Å². The molecule has 8 heteroatoms. The van der Waals surface area contributed by atoms with Gasteiger partial charge >= 0.3 is 0 Å². The highest BCUT2D eigenvalue weighted by atomic mass is 32.2. The summed E-state index contributed by atoms with van der Waals surface area (Å²) >= 11 is 0. The van der Waals surface area contributed by atoms with Crippen LogP contribution >= 0.6 is 0 Å². The highest BCUT2D eigenvalue weighted by Gasteiger charge is 2.32. The van der Waals surface area contributed by atoms with E-state index in [1.165, 1.54) is 4.31 Å². The van der Waals surface area contributed by atoms with E-state index >= 15 is 0 Å². The first-order valence-corrected chi connectivity index (χ1v) is 11.7. The number of hydrogen-bond donors (Lipinski definition) is 0. The van der Waals surface area contributed by atoms with E-state index in [1.54, 1.807) is 21.8 Å². The molecule has 31 heavy (non-hydrogen) atoms. The van der Waals surface area contributed by atoms with Crippen molar-refractivity contribution < 1.29 is 13.2 Å². The number of nitrogens with zero attached hydrogens (tertiary/aromatic N) is 4. The van der Waals surface area contributed by atoms with Crippen molar-refractivity contribution in [2.45, 2.75) is 25.7 Å². The summed E-state index contributed by atoms with van der Waals surface area (Å²) in [6.45, 7) is 6.86. The number of rotatable bonds is 4. The molecule has 3 aromatic rings. The van der Waals surface area contributed by atoms with Gasteiger partial charge in [0, 0.05) is 26.2 Å². The van der Waals surface area contributed by atoms with Gasteiger partial charge in [0.1, 0.15) is 0 Å². The number of amides is 1. The van der Waals surface area contributed by atoms with Crippen LogP contribution in [0.4, 0.5) is 0 Å². The fourth-order valence-electron chi connectivity index (χ4n) is 3.98. The molecule has 1 aromatic heterocycles. The first-order valence-electron chi connectivity index (χ1n) is 10.3. The van der Waals surface area contributed by atoms with Crippen LogP contribution in [0.1, 0.15) is 27.2 Å². The quantitative estimate of drug-likeness (QED) is 0.628. The molecule has 0 saturated carbocycles. The van der Waals surface area contributed by atoms with Gasteiger partial charge in [-0.15, -0.1) is 0 Å². The van der Waals surface area contributed by atoms with Crippen LogP contribution in [-0.2, 0) is 10.0 Å². The monoisotopic (exact) mass is 438 g/mol. The fourth-order valence-corrected chi connectivity index (χ4v) is 5.61. The minimum absolute atomic E-state index is 0.122. The van der Waals surface area contributed by atoms with Crippen molar-refractivity contribution in [1.82, 2.24) is 19.0 Å². The van der Waals surface area contributed by atoms with E-state index in [1.807, 2.05) is 63.2 Å². The number of para-hydroxylation sites is 1. The fraction of sp³-hybridized carbons (Fsp3) is 0.304. The van der Waals surface area contributed by atoms with E-state index in [0.29, 0.717) is 23.5 Å². The van der Waals surface area contributed by atoms with E-state index in [0.717, 1.165) is 22.5 Å². The van der Waals surface area contributed by atoms with Gasteiger partial charge in [0.15, 0.2) is 0 Å². The Morgan fingerprint density at radius 2 is 1.61 bits per heavy atom. The number of aryl methyl sites for hydroxylation is 2. The minimum Gasteiger partial charge on any atom is -0.336 e. The molecule has 0 aliphatic carbocycles. The standard InChI is InChI=1S/C23H26N4O3S/c1-17-9-10-22(18(2)15-17)31(29,30)26-13-11-25(12-14-26)23(28)21-16-24-27(19(21)3)20-7-5-4-6-8-20/h4-10,15-16H,11-14H2,1-3H3. The summed E-state index contributed by atoms with van der Waals surface area (Å²) in [7, 11) is -3.58. The van der Waals surface area contributed by atoms with Gasteiger partial charge in [0.2, 0.25) is 10.0 Å².